The summed E-state index contributed by atoms with van der Waals surface area (Å²) >= 11 is 0. The average Bonchev–Trinajstić information content (AvgIpc) is 2.89. The van der Waals surface area contributed by atoms with Gasteiger partial charge in [0.05, 0.1) is 6.54 Å². The van der Waals surface area contributed by atoms with Crippen LogP contribution in [-0.2, 0) is 21.6 Å². The van der Waals surface area contributed by atoms with Crippen molar-refractivity contribution in [2.45, 2.75) is 38.8 Å². The van der Waals surface area contributed by atoms with E-state index in [2.05, 4.69) is 0 Å². The van der Waals surface area contributed by atoms with E-state index < -0.39 is 17.2 Å². The number of ether oxygens (including phenoxy) is 2. The van der Waals surface area contributed by atoms with Gasteiger partial charge in [0.15, 0.2) is 0 Å². The summed E-state index contributed by atoms with van der Waals surface area (Å²) in [6.07, 6.45) is 1.31. The zero-order chi connectivity index (χ0) is 19.3. The third kappa shape index (κ3) is 4.50. The fourth-order valence-electron chi connectivity index (χ4n) is 3.33. The van der Waals surface area contributed by atoms with E-state index in [1.807, 2.05) is 24.5 Å². The van der Waals surface area contributed by atoms with Gasteiger partial charge in [0, 0.05) is 56.0 Å². The van der Waals surface area contributed by atoms with E-state index in [0.717, 1.165) is 23.0 Å². The maximum atomic E-state index is 14.1. The number of nitrogens with two attached hydrogens (primary N) is 1. The summed E-state index contributed by atoms with van der Waals surface area (Å²) in [7, 11) is 3.30. The van der Waals surface area contributed by atoms with Gasteiger partial charge in [-0.2, -0.15) is 0 Å². The summed E-state index contributed by atoms with van der Waals surface area (Å²) in [6, 6.07) is 5.71. The molecule has 0 aliphatic heterocycles. The van der Waals surface area contributed by atoms with E-state index in [0.29, 0.717) is 38.2 Å². The SMILES string of the molecule is COCCC(N)(CCOC)c1cc(C)n(Cc2ccc(F)cc2F)c1C. The molecule has 0 amide bonds. The molecule has 0 saturated heterocycles. The molecule has 2 aromatic rings. The third-order valence-corrected chi connectivity index (χ3v) is 4.96. The first-order valence-corrected chi connectivity index (χ1v) is 8.70. The molecule has 0 fully saturated rings. The number of nitrogens with zero attached hydrogens (tertiary/aromatic N) is 1. The Hall–Kier alpha value is -1.76. The van der Waals surface area contributed by atoms with E-state index in [-0.39, 0.29) is 0 Å². The maximum Gasteiger partial charge on any atom is 0.131 e. The van der Waals surface area contributed by atoms with Gasteiger partial charge in [-0.1, -0.05) is 6.07 Å². The molecular weight excluding hydrogens is 338 g/mol. The summed E-state index contributed by atoms with van der Waals surface area (Å²) in [5, 5.41) is 0. The molecule has 4 nitrogen and oxygen atoms in total. The highest BCUT2D eigenvalue weighted by Crippen LogP contribution is 2.32. The van der Waals surface area contributed by atoms with Gasteiger partial charge in [0.1, 0.15) is 11.6 Å². The fraction of sp³-hybridized carbons (Fsp3) is 0.500. The molecule has 144 valence electrons. The van der Waals surface area contributed by atoms with Crippen molar-refractivity contribution in [3.05, 3.63) is 58.4 Å². The van der Waals surface area contributed by atoms with Crippen molar-refractivity contribution >= 4 is 0 Å². The third-order valence-electron chi connectivity index (χ3n) is 4.96. The van der Waals surface area contributed by atoms with E-state index in [1.54, 1.807) is 14.2 Å². The second-order valence-electron chi connectivity index (χ2n) is 6.75. The Balaban J connectivity index is 2.37. The predicted octanol–water partition coefficient (Wildman–Crippen LogP) is 3.66. The Kier molecular flexibility index (Phi) is 6.92. The Morgan fingerprint density at radius 1 is 1.04 bits per heavy atom. The number of hydrogen-bond acceptors (Lipinski definition) is 3. The van der Waals surface area contributed by atoms with Crippen molar-refractivity contribution < 1.29 is 18.3 Å². The van der Waals surface area contributed by atoms with Crippen molar-refractivity contribution in [2.75, 3.05) is 27.4 Å². The summed E-state index contributed by atoms with van der Waals surface area (Å²) in [5.74, 6) is -1.12. The van der Waals surface area contributed by atoms with Gasteiger partial charge >= 0.3 is 0 Å². The molecule has 0 radical (unpaired) electrons. The minimum absolute atomic E-state index is 0.328. The number of methoxy groups -OCH3 is 2. The first-order chi connectivity index (χ1) is 12.3. The van der Waals surface area contributed by atoms with Gasteiger partial charge in [-0.15, -0.1) is 0 Å². The molecule has 1 heterocycles. The monoisotopic (exact) mass is 366 g/mol. The molecule has 26 heavy (non-hydrogen) atoms. The van der Waals surface area contributed by atoms with Gasteiger partial charge < -0.3 is 19.8 Å². The molecule has 0 aliphatic rings. The number of hydrogen-bond donors (Lipinski definition) is 1. The predicted molar refractivity (Wildman–Crippen MR) is 98.2 cm³/mol. The van der Waals surface area contributed by atoms with Crippen LogP contribution in [0.4, 0.5) is 8.78 Å². The van der Waals surface area contributed by atoms with Crippen molar-refractivity contribution in [1.82, 2.24) is 4.57 Å². The smallest absolute Gasteiger partial charge is 0.131 e. The summed E-state index contributed by atoms with van der Waals surface area (Å²) in [5.41, 5.74) is 9.53. The Morgan fingerprint density at radius 3 is 2.19 bits per heavy atom. The van der Waals surface area contributed by atoms with Gasteiger partial charge in [-0.05, 0) is 44.4 Å². The second kappa shape index (κ2) is 8.75. The molecule has 0 saturated carbocycles. The quantitative estimate of drug-likeness (QED) is 0.737. The van der Waals surface area contributed by atoms with Crippen LogP contribution < -0.4 is 5.73 Å². The van der Waals surface area contributed by atoms with Crippen LogP contribution in [0.1, 0.15) is 35.4 Å². The molecule has 1 aromatic carbocycles. The number of aromatic nitrogens is 1. The van der Waals surface area contributed by atoms with Crippen LogP contribution in [0, 0.1) is 25.5 Å². The number of aryl methyl sites for hydroxylation is 1. The highest BCUT2D eigenvalue weighted by Gasteiger charge is 2.31. The second-order valence-corrected chi connectivity index (χ2v) is 6.75. The average molecular weight is 366 g/mol. The fourth-order valence-corrected chi connectivity index (χ4v) is 3.33. The highest BCUT2D eigenvalue weighted by atomic mass is 19.1. The van der Waals surface area contributed by atoms with Crippen LogP contribution in [0.2, 0.25) is 0 Å². The van der Waals surface area contributed by atoms with Crippen LogP contribution in [-0.4, -0.2) is 32.0 Å². The van der Waals surface area contributed by atoms with Crippen LogP contribution in [0.25, 0.3) is 0 Å². The van der Waals surface area contributed by atoms with Crippen molar-refractivity contribution in [2.24, 2.45) is 5.73 Å². The van der Waals surface area contributed by atoms with E-state index in [4.69, 9.17) is 15.2 Å². The van der Waals surface area contributed by atoms with Gasteiger partial charge in [0.2, 0.25) is 0 Å². The maximum absolute atomic E-state index is 14.1. The number of benzene rings is 1. The van der Waals surface area contributed by atoms with Gasteiger partial charge in [-0.3, -0.25) is 0 Å². The Labute approximate surface area is 153 Å². The van der Waals surface area contributed by atoms with Crippen LogP contribution in [0.15, 0.2) is 24.3 Å². The Bertz CT molecular complexity index is 736. The lowest BCUT2D eigenvalue weighted by atomic mass is 9.85. The van der Waals surface area contributed by atoms with Gasteiger partial charge in [-0.25, -0.2) is 8.78 Å². The van der Waals surface area contributed by atoms with Crippen LogP contribution in [0.5, 0.6) is 0 Å². The lowest BCUT2D eigenvalue weighted by Gasteiger charge is -2.30. The molecule has 1 aromatic heterocycles. The standard InChI is InChI=1S/C20H28F2N2O2/c1-14-11-18(20(23,7-9-25-3)8-10-26-4)15(2)24(14)13-16-5-6-17(21)12-19(16)22/h5-6,11-12H,7-10,13,23H2,1-4H3. The number of halogens is 2. The molecule has 6 heteroatoms. The van der Waals surface area contributed by atoms with E-state index in [1.165, 1.54) is 12.1 Å². The van der Waals surface area contributed by atoms with E-state index >= 15 is 0 Å². The largest absolute Gasteiger partial charge is 0.385 e. The van der Waals surface area contributed by atoms with Crippen molar-refractivity contribution in [1.29, 1.82) is 0 Å². The summed E-state index contributed by atoms with van der Waals surface area (Å²) in [4.78, 5) is 0. The van der Waals surface area contributed by atoms with Crippen LogP contribution >= 0.6 is 0 Å². The molecule has 0 bridgehead atoms. The molecule has 2 rings (SSSR count). The van der Waals surface area contributed by atoms with Gasteiger partial charge in [0.25, 0.3) is 0 Å². The van der Waals surface area contributed by atoms with E-state index in [9.17, 15) is 8.78 Å². The minimum Gasteiger partial charge on any atom is -0.385 e. The first-order valence-electron chi connectivity index (χ1n) is 8.70. The lowest BCUT2D eigenvalue weighted by molar-refractivity contribution is 0.132. The summed E-state index contributed by atoms with van der Waals surface area (Å²) in [6.45, 7) is 5.34. The molecule has 0 atom stereocenters. The molecule has 0 spiro atoms. The molecule has 0 unspecified atom stereocenters. The summed E-state index contributed by atoms with van der Waals surface area (Å²) < 4.78 is 39.7. The normalized spacial score (nSPS) is 12.0. The van der Waals surface area contributed by atoms with Crippen molar-refractivity contribution in [3.63, 3.8) is 0 Å². The molecule has 0 aliphatic carbocycles. The highest BCUT2D eigenvalue weighted by molar-refractivity contribution is 5.35. The van der Waals surface area contributed by atoms with Crippen LogP contribution in [0.3, 0.4) is 0 Å². The zero-order valence-electron chi connectivity index (χ0n) is 15.9. The first kappa shape index (κ1) is 20.6. The minimum atomic E-state index is -0.590. The topological polar surface area (TPSA) is 49.4 Å². The Morgan fingerprint density at radius 2 is 1.65 bits per heavy atom. The lowest BCUT2D eigenvalue weighted by Crippen LogP contribution is -2.39. The molecular formula is C20H28F2N2O2. The zero-order valence-corrected chi connectivity index (χ0v) is 15.9. The van der Waals surface area contributed by atoms with Crippen molar-refractivity contribution in [3.8, 4) is 0 Å². The number of rotatable bonds is 9. The molecule has 2 N–H and O–H groups in total.